The fraction of sp³-hybridized carbons (Fsp3) is 0.261. The topological polar surface area (TPSA) is 42.0 Å². The van der Waals surface area contributed by atoms with E-state index in [0.29, 0.717) is 25.5 Å². The van der Waals surface area contributed by atoms with Gasteiger partial charge in [0.15, 0.2) is 0 Å². The molecule has 0 bridgehead atoms. The van der Waals surface area contributed by atoms with E-state index in [1.54, 1.807) is 4.90 Å². The molecular formula is C23H24N2O3. The summed E-state index contributed by atoms with van der Waals surface area (Å²) in [5.41, 5.74) is 3.46. The molecule has 0 aromatic heterocycles. The standard InChI is InChI=1S/C23H24N2O3/c1-23(27-13-14-28-23)25-17-20(15-18-9-5-3-6-10-18)24(2)22(26)21(25)16-19-11-7-4-8-12-19/h3-12,15-16H,13-14,17H2,1-2H3. The van der Waals surface area contributed by atoms with E-state index in [1.807, 2.05) is 91.7 Å². The van der Waals surface area contributed by atoms with Gasteiger partial charge < -0.3 is 19.3 Å². The molecule has 4 rings (SSSR count). The fourth-order valence-electron chi connectivity index (χ4n) is 3.52. The summed E-state index contributed by atoms with van der Waals surface area (Å²) in [6.07, 6.45) is 3.93. The van der Waals surface area contributed by atoms with Crippen LogP contribution in [0.3, 0.4) is 0 Å². The summed E-state index contributed by atoms with van der Waals surface area (Å²) in [6, 6.07) is 19.8. The van der Waals surface area contributed by atoms with E-state index in [1.165, 1.54) is 0 Å². The number of carbonyl (C=O) groups excluding carboxylic acids is 1. The lowest BCUT2D eigenvalue weighted by Gasteiger charge is -2.44. The molecule has 0 N–H and O–H groups in total. The monoisotopic (exact) mass is 376 g/mol. The summed E-state index contributed by atoms with van der Waals surface area (Å²) in [5, 5.41) is 0. The zero-order chi connectivity index (χ0) is 19.6. The average molecular weight is 376 g/mol. The highest BCUT2D eigenvalue weighted by Crippen LogP contribution is 2.34. The lowest BCUT2D eigenvalue weighted by atomic mass is 10.1. The van der Waals surface area contributed by atoms with Gasteiger partial charge in [0.05, 0.1) is 19.8 Å². The minimum Gasteiger partial charge on any atom is -0.331 e. The maximum atomic E-state index is 13.3. The van der Waals surface area contributed by atoms with Crippen molar-refractivity contribution in [2.45, 2.75) is 12.8 Å². The van der Waals surface area contributed by atoms with Crippen LogP contribution < -0.4 is 0 Å². The molecule has 0 unspecified atom stereocenters. The molecule has 0 saturated carbocycles. The minimum absolute atomic E-state index is 0.0855. The Morgan fingerprint density at radius 3 is 2.00 bits per heavy atom. The number of nitrogens with zero attached hydrogens (tertiary/aromatic N) is 2. The second-order valence-corrected chi connectivity index (χ2v) is 7.03. The molecule has 2 aromatic carbocycles. The van der Waals surface area contributed by atoms with Gasteiger partial charge in [-0.25, -0.2) is 0 Å². The number of rotatable bonds is 3. The third kappa shape index (κ3) is 3.59. The molecule has 2 aromatic rings. The molecule has 5 heteroatoms. The first-order valence-corrected chi connectivity index (χ1v) is 9.43. The Morgan fingerprint density at radius 2 is 1.43 bits per heavy atom. The van der Waals surface area contributed by atoms with Crippen molar-refractivity contribution in [2.75, 3.05) is 26.8 Å². The molecule has 0 spiro atoms. The van der Waals surface area contributed by atoms with Crippen LogP contribution in [-0.4, -0.2) is 48.4 Å². The summed E-state index contributed by atoms with van der Waals surface area (Å²) >= 11 is 0. The number of carbonyl (C=O) groups is 1. The number of piperazine rings is 1. The number of hydrogen-bond donors (Lipinski definition) is 0. The first-order chi connectivity index (χ1) is 13.6. The summed E-state index contributed by atoms with van der Waals surface area (Å²) in [6.45, 7) is 3.39. The van der Waals surface area contributed by atoms with E-state index in [9.17, 15) is 4.79 Å². The zero-order valence-electron chi connectivity index (χ0n) is 16.2. The Balaban J connectivity index is 1.76. The molecule has 2 saturated heterocycles. The number of hydrogen-bond acceptors (Lipinski definition) is 4. The molecular weight excluding hydrogens is 352 g/mol. The average Bonchev–Trinajstić information content (AvgIpc) is 3.17. The van der Waals surface area contributed by atoms with Crippen LogP contribution in [0.1, 0.15) is 18.1 Å². The normalized spacial score (nSPS) is 22.3. The van der Waals surface area contributed by atoms with Crippen LogP contribution in [0.15, 0.2) is 72.1 Å². The second kappa shape index (κ2) is 7.62. The Kier molecular flexibility index (Phi) is 5.03. The zero-order valence-corrected chi connectivity index (χ0v) is 16.2. The van der Waals surface area contributed by atoms with Gasteiger partial charge in [-0.3, -0.25) is 4.79 Å². The molecule has 2 fully saturated rings. The van der Waals surface area contributed by atoms with Crippen molar-refractivity contribution in [1.29, 1.82) is 0 Å². The highest BCUT2D eigenvalue weighted by molar-refractivity contribution is 5.99. The lowest BCUT2D eigenvalue weighted by Crippen LogP contribution is -2.55. The van der Waals surface area contributed by atoms with Crippen molar-refractivity contribution in [3.05, 3.63) is 83.2 Å². The third-order valence-corrected chi connectivity index (χ3v) is 5.11. The number of ether oxygens (including phenoxy) is 2. The molecule has 0 aliphatic carbocycles. The van der Waals surface area contributed by atoms with Crippen LogP contribution >= 0.6 is 0 Å². The van der Waals surface area contributed by atoms with Crippen molar-refractivity contribution in [2.24, 2.45) is 0 Å². The molecule has 1 amide bonds. The van der Waals surface area contributed by atoms with Crippen molar-refractivity contribution < 1.29 is 14.3 Å². The lowest BCUT2D eigenvalue weighted by molar-refractivity contribution is -0.234. The molecule has 28 heavy (non-hydrogen) atoms. The Bertz CT molecular complexity index is 900. The van der Waals surface area contributed by atoms with Crippen LogP contribution in [0.2, 0.25) is 0 Å². The van der Waals surface area contributed by atoms with Gasteiger partial charge in [-0.15, -0.1) is 0 Å². The quantitative estimate of drug-likeness (QED) is 0.768. The van der Waals surface area contributed by atoms with Crippen molar-refractivity contribution >= 4 is 18.1 Å². The van der Waals surface area contributed by atoms with Crippen molar-refractivity contribution in [1.82, 2.24) is 9.80 Å². The van der Waals surface area contributed by atoms with Crippen molar-refractivity contribution in [3.63, 3.8) is 0 Å². The van der Waals surface area contributed by atoms with Gasteiger partial charge in [-0.05, 0) is 23.3 Å². The van der Waals surface area contributed by atoms with E-state index < -0.39 is 5.91 Å². The number of benzene rings is 2. The second-order valence-electron chi connectivity index (χ2n) is 7.03. The van der Waals surface area contributed by atoms with Gasteiger partial charge in [0.1, 0.15) is 5.70 Å². The predicted molar refractivity (Wildman–Crippen MR) is 109 cm³/mol. The Morgan fingerprint density at radius 1 is 0.893 bits per heavy atom. The smallest absolute Gasteiger partial charge is 0.274 e. The molecule has 0 atom stereocenters. The molecule has 2 aliphatic rings. The number of amides is 1. The van der Waals surface area contributed by atoms with Crippen LogP contribution in [0.25, 0.3) is 12.2 Å². The molecule has 0 radical (unpaired) electrons. The van der Waals surface area contributed by atoms with Gasteiger partial charge in [-0.2, -0.15) is 0 Å². The first-order valence-electron chi connectivity index (χ1n) is 9.43. The van der Waals surface area contributed by atoms with Crippen LogP contribution in [0, 0.1) is 0 Å². The molecule has 2 heterocycles. The van der Waals surface area contributed by atoms with E-state index >= 15 is 0 Å². The molecule has 2 aliphatic heterocycles. The van der Waals surface area contributed by atoms with Gasteiger partial charge in [0, 0.05) is 19.7 Å². The van der Waals surface area contributed by atoms with Gasteiger partial charge in [-0.1, -0.05) is 60.7 Å². The molecule has 144 valence electrons. The van der Waals surface area contributed by atoms with E-state index in [0.717, 1.165) is 16.8 Å². The summed E-state index contributed by atoms with van der Waals surface area (Å²) in [7, 11) is 1.81. The Hall–Kier alpha value is -2.89. The Labute approximate surface area is 165 Å². The maximum Gasteiger partial charge on any atom is 0.274 e. The first kappa shape index (κ1) is 18.5. The maximum absolute atomic E-state index is 13.3. The van der Waals surface area contributed by atoms with Gasteiger partial charge in [0.2, 0.25) is 5.91 Å². The van der Waals surface area contributed by atoms with E-state index in [4.69, 9.17) is 9.47 Å². The highest BCUT2D eigenvalue weighted by Gasteiger charge is 2.44. The van der Waals surface area contributed by atoms with E-state index in [-0.39, 0.29) is 5.91 Å². The summed E-state index contributed by atoms with van der Waals surface area (Å²) in [4.78, 5) is 16.9. The minimum atomic E-state index is -0.965. The van der Waals surface area contributed by atoms with Crippen LogP contribution in [-0.2, 0) is 14.3 Å². The predicted octanol–water partition coefficient (Wildman–Crippen LogP) is 3.56. The van der Waals surface area contributed by atoms with Crippen LogP contribution in [0.4, 0.5) is 0 Å². The van der Waals surface area contributed by atoms with Crippen LogP contribution in [0.5, 0.6) is 0 Å². The summed E-state index contributed by atoms with van der Waals surface area (Å²) < 4.78 is 11.8. The van der Waals surface area contributed by atoms with Crippen molar-refractivity contribution in [3.8, 4) is 0 Å². The molecule has 5 nitrogen and oxygen atoms in total. The SMILES string of the molecule is CN1C(=O)C(=Cc2ccccc2)N(C2(C)OCCO2)CC1=Cc1ccccc1. The third-order valence-electron chi connectivity index (χ3n) is 5.11. The largest absolute Gasteiger partial charge is 0.331 e. The summed E-state index contributed by atoms with van der Waals surface area (Å²) in [5.74, 6) is -1.05. The van der Waals surface area contributed by atoms with Gasteiger partial charge >= 0.3 is 0 Å². The van der Waals surface area contributed by atoms with Gasteiger partial charge in [0.25, 0.3) is 5.91 Å². The highest BCUT2D eigenvalue weighted by atomic mass is 16.8. The van der Waals surface area contributed by atoms with E-state index in [2.05, 4.69) is 0 Å². The number of likely N-dealkylation sites (N-methyl/N-ethyl adjacent to an activating group) is 1. The fourth-order valence-corrected chi connectivity index (χ4v) is 3.52.